The Kier molecular flexibility index (Phi) is 15.6. The number of aromatic nitrogens is 1. The molecular formula is C35H55N3O2S3. The van der Waals surface area contributed by atoms with Gasteiger partial charge in [-0.15, -0.1) is 11.3 Å². The molecule has 1 unspecified atom stereocenters. The average Bonchev–Trinajstić information content (AvgIpc) is 3.46. The Morgan fingerprint density at radius 1 is 0.674 bits per heavy atom. The summed E-state index contributed by atoms with van der Waals surface area (Å²) < 4.78 is 1.02. The number of thiocarbonyl (C=S) groups is 2. The van der Waals surface area contributed by atoms with Crippen molar-refractivity contribution >= 4 is 56.1 Å². The van der Waals surface area contributed by atoms with E-state index in [2.05, 4.69) is 27.8 Å². The first kappa shape index (κ1) is 34.7. The monoisotopic (exact) mass is 645 g/mol. The van der Waals surface area contributed by atoms with Crippen LogP contribution < -0.4 is 10.6 Å². The number of nitrogens with one attached hydrogen (secondary N) is 2. The molecule has 4 fully saturated rings. The topological polar surface area (TPSA) is 77.4 Å². The molecule has 0 radical (unpaired) electrons. The lowest BCUT2D eigenvalue weighted by Gasteiger charge is -2.30. The molecule has 0 saturated heterocycles. The molecular weight excluding hydrogens is 591 g/mol. The Hall–Kier alpha value is -1.19. The molecule has 1 atom stereocenters. The van der Waals surface area contributed by atoms with Crippen LogP contribution in [0.4, 0.5) is 0 Å². The molecule has 0 amide bonds. The number of benzene rings is 1. The third-order valence-electron chi connectivity index (χ3n) is 9.65. The van der Waals surface area contributed by atoms with Crippen molar-refractivity contribution in [2.45, 2.75) is 165 Å². The quantitative estimate of drug-likeness (QED) is 0.213. The first-order valence-corrected chi connectivity index (χ1v) is 18.9. The molecule has 240 valence electrons. The van der Waals surface area contributed by atoms with E-state index in [1.165, 1.54) is 140 Å². The maximum atomic E-state index is 9.47. The summed E-state index contributed by atoms with van der Waals surface area (Å²) in [6, 6.07) is 11.2. The van der Waals surface area contributed by atoms with E-state index >= 15 is 0 Å². The summed E-state index contributed by atoms with van der Waals surface area (Å²) in [4.78, 5) is 4.39. The van der Waals surface area contributed by atoms with E-state index in [1.54, 1.807) is 0 Å². The molecule has 4 N–H and O–H groups in total. The summed E-state index contributed by atoms with van der Waals surface area (Å²) in [6.45, 7) is 0. The second-order valence-corrected chi connectivity index (χ2v) is 15.1. The van der Waals surface area contributed by atoms with Crippen molar-refractivity contribution in [3.05, 3.63) is 29.3 Å². The summed E-state index contributed by atoms with van der Waals surface area (Å²) in [5, 5.41) is 26.6. The molecule has 1 heterocycles. The maximum Gasteiger partial charge on any atom is 0.167 e. The lowest BCUT2D eigenvalue weighted by Crippen LogP contribution is -2.40. The lowest BCUT2D eigenvalue weighted by molar-refractivity contribution is 0.291. The number of aliphatic hydroxyl groups excluding tert-OH is 2. The van der Waals surface area contributed by atoms with Crippen molar-refractivity contribution in [1.82, 2.24) is 15.6 Å². The molecule has 0 bridgehead atoms. The zero-order chi connectivity index (χ0) is 30.3. The molecule has 2 aromatic rings. The molecule has 1 aromatic heterocycles. The van der Waals surface area contributed by atoms with E-state index in [9.17, 15) is 5.11 Å². The number of para-hydroxylation sites is 1. The Labute approximate surface area is 275 Å². The van der Waals surface area contributed by atoms with Crippen molar-refractivity contribution < 1.29 is 10.2 Å². The zero-order valence-electron chi connectivity index (χ0n) is 26.1. The third kappa shape index (κ3) is 12.6. The molecule has 43 heavy (non-hydrogen) atoms. The number of fused-ring (bicyclic) bond motifs is 1. The predicted octanol–water partition coefficient (Wildman–Crippen LogP) is 10.0. The first-order valence-electron chi connectivity index (χ1n) is 17.3. The van der Waals surface area contributed by atoms with Crippen LogP contribution in [0.2, 0.25) is 0 Å². The predicted molar refractivity (Wildman–Crippen MR) is 191 cm³/mol. The summed E-state index contributed by atoms with van der Waals surface area (Å²) in [6.07, 6.45) is 29.3. The van der Waals surface area contributed by atoms with E-state index in [0.29, 0.717) is 5.01 Å². The fraction of sp³-hybridized carbons (Fsp3) is 0.743. The molecule has 0 spiro atoms. The maximum absolute atomic E-state index is 9.47. The number of thiazole rings is 1. The van der Waals surface area contributed by atoms with Crippen LogP contribution in [0.1, 0.15) is 146 Å². The highest BCUT2D eigenvalue weighted by molar-refractivity contribution is 7.80. The van der Waals surface area contributed by atoms with Gasteiger partial charge in [0.15, 0.2) is 10.1 Å². The summed E-state index contributed by atoms with van der Waals surface area (Å²) in [5.74, 6) is -0.500. The van der Waals surface area contributed by atoms with Gasteiger partial charge in [0.25, 0.3) is 0 Å². The Balaban J connectivity index is 0.000000150. The largest absolute Gasteiger partial charge is 0.502 e. The van der Waals surface area contributed by atoms with Crippen molar-refractivity contribution in [1.29, 1.82) is 0 Å². The van der Waals surface area contributed by atoms with Gasteiger partial charge in [0.05, 0.1) is 16.1 Å². The minimum atomic E-state index is -0.500. The van der Waals surface area contributed by atoms with Gasteiger partial charge < -0.3 is 20.8 Å². The van der Waals surface area contributed by atoms with Crippen molar-refractivity contribution in [2.75, 3.05) is 0 Å². The lowest BCUT2D eigenvalue weighted by atomic mass is 9.91. The van der Waals surface area contributed by atoms with Crippen LogP contribution in [0.25, 0.3) is 10.2 Å². The van der Waals surface area contributed by atoms with Gasteiger partial charge in [-0.2, -0.15) is 0 Å². The zero-order valence-corrected chi connectivity index (χ0v) is 28.6. The second kappa shape index (κ2) is 19.4. The van der Waals surface area contributed by atoms with Gasteiger partial charge in [0, 0.05) is 30.6 Å². The number of rotatable bonds is 8. The fourth-order valence-corrected chi connectivity index (χ4v) is 8.75. The average molecular weight is 646 g/mol. The van der Waals surface area contributed by atoms with Gasteiger partial charge in [-0.1, -0.05) is 89.2 Å². The Bertz CT molecular complexity index is 986. The van der Waals surface area contributed by atoms with E-state index in [4.69, 9.17) is 17.3 Å². The third-order valence-corrected chi connectivity index (χ3v) is 11.3. The van der Waals surface area contributed by atoms with Crippen LogP contribution in [0.5, 0.6) is 0 Å². The normalized spacial score (nSPS) is 21.7. The van der Waals surface area contributed by atoms with Crippen LogP contribution in [0, 0.1) is 0 Å². The van der Waals surface area contributed by atoms with Gasteiger partial charge >= 0.3 is 0 Å². The smallest absolute Gasteiger partial charge is 0.167 e. The van der Waals surface area contributed by atoms with Gasteiger partial charge in [0.2, 0.25) is 0 Å². The van der Waals surface area contributed by atoms with Crippen molar-refractivity contribution in [3.63, 3.8) is 0 Å². The first-order chi connectivity index (χ1) is 21.0. The second-order valence-electron chi connectivity index (χ2n) is 13.2. The van der Waals surface area contributed by atoms with Crippen LogP contribution in [0.3, 0.4) is 0 Å². The van der Waals surface area contributed by atoms with Gasteiger partial charge in [-0.25, -0.2) is 4.98 Å². The van der Waals surface area contributed by atoms with Crippen LogP contribution in [0.15, 0.2) is 24.3 Å². The highest BCUT2D eigenvalue weighted by atomic mass is 32.1. The van der Waals surface area contributed by atoms with E-state index in [1.807, 2.05) is 24.3 Å². The Morgan fingerprint density at radius 3 is 1.42 bits per heavy atom. The number of hydrogen-bond acceptors (Lipinski definition) is 6. The highest BCUT2D eigenvalue weighted by Crippen LogP contribution is 2.30. The number of nitrogens with zero attached hydrogens (tertiary/aromatic N) is 1. The molecule has 4 aliphatic carbocycles. The van der Waals surface area contributed by atoms with Gasteiger partial charge in [-0.3, -0.25) is 0 Å². The van der Waals surface area contributed by atoms with Crippen molar-refractivity contribution in [3.8, 4) is 0 Å². The van der Waals surface area contributed by atoms with E-state index < -0.39 is 5.92 Å². The highest BCUT2D eigenvalue weighted by Gasteiger charge is 2.23. The SMILES string of the molecule is C1CCC(NC2CCCCC2)CC1.C1CCC(NC2CCCCC2)CC1.OC(=S)CC(C(O)=S)c1nc2ccccc2s1. The van der Waals surface area contributed by atoms with Crippen LogP contribution in [-0.2, 0) is 0 Å². The number of aliphatic hydroxyl groups is 2. The Morgan fingerprint density at radius 2 is 1.07 bits per heavy atom. The van der Waals surface area contributed by atoms with Crippen molar-refractivity contribution in [2.24, 2.45) is 0 Å². The fourth-order valence-electron chi connectivity index (χ4n) is 7.24. The molecule has 0 aliphatic heterocycles. The molecule has 5 nitrogen and oxygen atoms in total. The summed E-state index contributed by atoms with van der Waals surface area (Å²) >= 11 is 10.9. The van der Waals surface area contributed by atoms with Crippen LogP contribution in [-0.4, -0.2) is 49.5 Å². The summed E-state index contributed by atoms with van der Waals surface area (Å²) in [5.41, 5.74) is 0.859. The molecule has 4 aliphatic rings. The minimum absolute atomic E-state index is 0.129. The van der Waals surface area contributed by atoms with Crippen LogP contribution >= 0.6 is 35.8 Å². The van der Waals surface area contributed by atoms with Gasteiger partial charge in [0.1, 0.15) is 5.01 Å². The standard InChI is InChI=1S/2C12H23N.C11H9NO2S3/c2*1-3-7-11(8-4-1)13-12-9-5-2-6-10-12;13-9(15)5-6(11(14)16)10-12-7-3-1-2-4-8(7)17-10/h2*11-13H,1-10H2;1-4,6H,5H2,(H,13,15)(H,14,16). The number of hydrogen-bond donors (Lipinski definition) is 4. The molecule has 1 aromatic carbocycles. The van der Waals surface area contributed by atoms with E-state index in [0.717, 1.165) is 34.4 Å². The minimum Gasteiger partial charge on any atom is -0.502 e. The molecule has 6 rings (SSSR count). The van der Waals surface area contributed by atoms with Gasteiger partial charge in [-0.05, 0) is 87.9 Å². The summed E-state index contributed by atoms with van der Waals surface area (Å²) in [7, 11) is 0. The van der Waals surface area contributed by atoms with E-state index in [-0.39, 0.29) is 16.5 Å². The molecule has 4 saturated carbocycles. The molecule has 8 heteroatoms.